The van der Waals surface area contributed by atoms with Gasteiger partial charge in [-0.25, -0.2) is 0 Å². The summed E-state index contributed by atoms with van der Waals surface area (Å²) in [5.41, 5.74) is 11.1. The number of nitrogens with zero attached hydrogens (tertiary/aromatic N) is 6. The molecule has 0 fully saturated rings. The van der Waals surface area contributed by atoms with E-state index in [2.05, 4.69) is 42.7 Å². The molecule has 0 saturated heterocycles. The number of benzene rings is 19. The average Bonchev–Trinajstić information content (AvgIpc) is 1.54. The molecule has 598 valence electrons. The first kappa shape index (κ1) is 56.2. The molecule has 0 spiro atoms. The molecular formula is C118H84N6O2. The van der Waals surface area contributed by atoms with Gasteiger partial charge < -0.3 is 37.5 Å². The Morgan fingerprint density at radius 2 is 0.571 bits per heavy atom. The normalized spacial score (nSPS) is 14.0. The van der Waals surface area contributed by atoms with Crippen LogP contribution in [-0.2, 0) is 5.41 Å². The minimum atomic E-state index is -0.876. The van der Waals surface area contributed by atoms with Crippen LogP contribution < -0.4 is 19.3 Å². The van der Waals surface area contributed by atoms with Crippen LogP contribution >= 0.6 is 0 Å². The third-order valence-electron chi connectivity index (χ3n) is 23.6. The third kappa shape index (κ3) is 12.9. The van der Waals surface area contributed by atoms with Crippen LogP contribution in [0.2, 0.25) is 0 Å². The molecule has 8 heteroatoms. The van der Waals surface area contributed by atoms with Crippen molar-refractivity contribution in [2.24, 2.45) is 0 Å². The fourth-order valence-corrected chi connectivity index (χ4v) is 18.2. The summed E-state index contributed by atoms with van der Waals surface area (Å²) in [6.07, 6.45) is 0. The highest BCUT2D eigenvalue weighted by molar-refractivity contribution is 6.19. The maximum Gasteiger partial charge on any atom is 0.131 e. The van der Waals surface area contributed by atoms with Gasteiger partial charge in [0.05, 0.1) is 117 Å². The first-order chi connectivity index (χ1) is 70.4. The van der Waals surface area contributed by atoms with E-state index in [1.165, 1.54) is 24.3 Å². The molecule has 0 radical (unpaired) electrons. The Morgan fingerprint density at radius 1 is 0.238 bits per heavy atom. The van der Waals surface area contributed by atoms with Crippen LogP contribution in [0.3, 0.4) is 0 Å². The molecule has 0 atom stereocenters. The second-order valence-corrected chi connectivity index (χ2v) is 32.1. The van der Waals surface area contributed by atoms with Gasteiger partial charge in [-0.3, -0.25) is 0 Å². The summed E-state index contributed by atoms with van der Waals surface area (Å²) < 4.78 is 216. The Kier molecular flexibility index (Phi) is 13.8. The highest BCUT2D eigenvalue weighted by atomic mass is 16.5. The molecular weight excluding hydrogens is 1530 g/mol. The summed E-state index contributed by atoms with van der Waals surface area (Å²) in [5, 5.41) is 3.64. The third-order valence-corrected chi connectivity index (χ3v) is 23.6. The first-order valence-electron chi connectivity index (χ1n) is 51.5. The molecule has 23 rings (SSSR count). The minimum absolute atomic E-state index is 0.00737. The molecule has 4 aromatic heterocycles. The molecule has 8 nitrogen and oxygen atoms in total. The van der Waals surface area contributed by atoms with E-state index in [9.17, 15) is 24.7 Å². The van der Waals surface area contributed by atoms with E-state index in [0.717, 1.165) is 43.8 Å². The summed E-state index contributed by atoms with van der Waals surface area (Å²) >= 11 is 0. The van der Waals surface area contributed by atoms with Crippen molar-refractivity contribution >= 4 is 121 Å². The summed E-state index contributed by atoms with van der Waals surface area (Å²) in [5.74, 6) is -0.721. The fraction of sp³-hybridized carbons (Fsp3) is 0.0339. The zero-order valence-electron chi connectivity index (χ0n) is 88.3. The molecule has 4 heterocycles. The van der Waals surface area contributed by atoms with Gasteiger partial charge in [-0.1, -0.05) is 336 Å². The van der Waals surface area contributed by atoms with E-state index in [4.69, 9.17) is 12.2 Å². The Balaban J connectivity index is 0.894. The standard InChI is InChI=1S/C118H84N6O2/c1-118(2,3)83-70-84(119(116-94(79-38-10-4-11-39-79)56-34-57-95(116)80-40-12-5-13-41-80)86-73-88(77-92(75-86)125-90-46-18-8-19-47-90)121-108-64-32-26-54-102(108)114-110(121)66-36-68-112(114)123-104-60-28-22-50-98(104)99-51-23-29-61-105(99)123)72-85(71-83)120(117-96(81-42-14-6-15-43-81)58-35-59-97(117)82-44-16-7-17-45-82)87-74-89(78-93(76-87)126-91-48-20-9-21-49-91)122-109-65-33-27-55-103(109)115-111(122)67-37-69-113(115)124-106-62-30-24-52-100(106)101-53-25-31-63-107(101)124/h4-78H,1-3H3/i8D,9D,18D,19D,20D,21D,26D,27D,32D,33D,36D,37D,46D,48D,54D,55D,64D,65D,68D,69D. The second kappa shape index (κ2) is 30.9. The average molecular weight is 1640 g/mol. The quantitative estimate of drug-likeness (QED) is 0.0859. The number of fused-ring (bicyclic) bond motifs is 12. The summed E-state index contributed by atoms with van der Waals surface area (Å²) in [4.78, 5) is 4.13. The van der Waals surface area contributed by atoms with E-state index < -0.39 is 102 Å². The van der Waals surface area contributed by atoms with Crippen LogP contribution in [0.25, 0.3) is 154 Å². The Hall–Kier alpha value is -16.4. The monoisotopic (exact) mass is 1640 g/mol. The van der Waals surface area contributed by atoms with Gasteiger partial charge >= 0.3 is 0 Å². The largest absolute Gasteiger partial charge is 0.457 e. The molecule has 0 aliphatic heterocycles. The zero-order valence-corrected chi connectivity index (χ0v) is 68.3. The molecule has 19 aromatic carbocycles. The highest BCUT2D eigenvalue weighted by Gasteiger charge is 2.32. The minimum Gasteiger partial charge on any atom is -0.457 e. The van der Waals surface area contributed by atoms with E-state index in [-0.39, 0.29) is 125 Å². The van der Waals surface area contributed by atoms with Crippen LogP contribution in [0.5, 0.6) is 23.0 Å². The summed E-state index contributed by atoms with van der Waals surface area (Å²) in [6.45, 7) is 6.23. The fourth-order valence-electron chi connectivity index (χ4n) is 18.2. The number of ether oxygens (including phenoxy) is 2. The van der Waals surface area contributed by atoms with Crippen molar-refractivity contribution in [3.05, 3.63) is 460 Å². The lowest BCUT2D eigenvalue weighted by Gasteiger charge is -2.35. The maximum atomic E-state index is 10.4. The smallest absolute Gasteiger partial charge is 0.131 e. The van der Waals surface area contributed by atoms with E-state index in [0.29, 0.717) is 72.6 Å². The Bertz CT molecular complexity index is 8700. The molecule has 23 aromatic rings. The van der Waals surface area contributed by atoms with Gasteiger partial charge in [0.25, 0.3) is 0 Å². The van der Waals surface area contributed by atoms with E-state index in [1.54, 1.807) is 33.4 Å². The first-order valence-corrected chi connectivity index (χ1v) is 41.5. The van der Waals surface area contributed by atoms with Crippen molar-refractivity contribution in [3.63, 3.8) is 0 Å². The number of aromatic nitrogens is 4. The molecule has 0 bridgehead atoms. The molecule has 0 N–H and O–H groups in total. The maximum absolute atomic E-state index is 10.4. The van der Waals surface area contributed by atoms with Crippen LogP contribution in [0.4, 0.5) is 34.1 Å². The Labute approximate surface area is 759 Å². The molecule has 0 aliphatic carbocycles. The number of anilines is 6. The lowest BCUT2D eigenvalue weighted by molar-refractivity contribution is 0.482. The zero-order chi connectivity index (χ0) is 101. The highest BCUT2D eigenvalue weighted by Crippen LogP contribution is 2.55. The van der Waals surface area contributed by atoms with Crippen molar-refractivity contribution in [3.8, 4) is 90.3 Å². The lowest BCUT2D eigenvalue weighted by atomic mass is 9.85. The van der Waals surface area contributed by atoms with Crippen molar-refractivity contribution in [1.29, 1.82) is 0 Å². The van der Waals surface area contributed by atoms with Crippen LogP contribution in [0.15, 0.2) is 454 Å². The summed E-state index contributed by atoms with van der Waals surface area (Å²) in [7, 11) is 0. The van der Waals surface area contributed by atoms with Crippen LogP contribution in [-0.4, -0.2) is 18.3 Å². The van der Waals surface area contributed by atoms with Gasteiger partial charge in [-0.05, 0) is 148 Å². The van der Waals surface area contributed by atoms with Crippen molar-refractivity contribution in [1.82, 2.24) is 18.3 Å². The van der Waals surface area contributed by atoms with Gasteiger partial charge in [0, 0.05) is 101 Å². The van der Waals surface area contributed by atoms with Crippen molar-refractivity contribution < 1.29 is 36.9 Å². The Morgan fingerprint density at radius 3 is 0.937 bits per heavy atom. The molecule has 126 heavy (non-hydrogen) atoms. The second-order valence-electron chi connectivity index (χ2n) is 32.1. The van der Waals surface area contributed by atoms with E-state index in [1.807, 2.05) is 282 Å². The molecule has 0 unspecified atom stereocenters. The van der Waals surface area contributed by atoms with Gasteiger partial charge in [-0.15, -0.1) is 0 Å². The van der Waals surface area contributed by atoms with E-state index >= 15 is 0 Å². The number of hydrogen-bond acceptors (Lipinski definition) is 4. The van der Waals surface area contributed by atoms with Crippen LogP contribution in [0, 0.1) is 0 Å². The lowest BCUT2D eigenvalue weighted by Crippen LogP contribution is -2.19. The number of para-hydroxylation sites is 10. The van der Waals surface area contributed by atoms with Crippen LogP contribution in [0.1, 0.15) is 53.7 Å². The van der Waals surface area contributed by atoms with Gasteiger partial charge in [0.2, 0.25) is 0 Å². The van der Waals surface area contributed by atoms with Gasteiger partial charge in [0.1, 0.15) is 23.0 Å². The molecule has 0 amide bonds. The SMILES string of the molecule is [2H]c1cc(Oc2cc(N(c3cc(N(c4cc(Oc5cc([2H])c([2H])c([2H])c5[2H])cc(-n5c6cc([2H])c([2H])c(-n7c8ccccc8c8ccccc87)c6c6c([2H])c([2H])c([2H])c([2H])c65)c4)c4c(-c5ccccc5)cccc4-c4ccccc4)cc(C(C)(C)C)c3)c3c(-c4ccccc4)cccc3-c3ccccc3)cc(-n3c4cc([2H])c([2H])c(-n5c6ccccc6c6ccccc65)c4c4c([2H])c([2H])c([2H])c([2H])c43)c2)c([2H])c([2H])c1[2H]. The summed E-state index contributed by atoms with van der Waals surface area (Å²) in [6, 6.07) is 94.2. The molecule has 0 aliphatic rings. The van der Waals surface area contributed by atoms with Crippen molar-refractivity contribution in [2.75, 3.05) is 9.80 Å². The number of hydrogen-bond donors (Lipinski definition) is 0. The van der Waals surface area contributed by atoms with Crippen molar-refractivity contribution in [2.45, 2.75) is 26.2 Å². The molecule has 0 saturated carbocycles. The number of rotatable bonds is 18. The predicted molar refractivity (Wildman–Crippen MR) is 527 cm³/mol. The predicted octanol–water partition coefficient (Wildman–Crippen LogP) is 32.6. The van der Waals surface area contributed by atoms with Gasteiger partial charge in [-0.2, -0.15) is 0 Å². The van der Waals surface area contributed by atoms with Gasteiger partial charge in [0.15, 0.2) is 0 Å². The topological polar surface area (TPSA) is 44.7 Å².